The number of rotatable bonds is 2. The maximum atomic E-state index is 14.3. The van der Waals surface area contributed by atoms with E-state index in [1.165, 1.54) is 6.07 Å². The Kier molecular flexibility index (Phi) is 4.15. The number of nitrogens with one attached hydrogen (secondary N) is 1. The third-order valence-electron chi connectivity index (χ3n) is 4.40. The molecule has 0 aliphatic carbocycles. The van der Waals surface area contributed by atoms with E-state index < -0.39 is 0 Å². The number of aromatic nitrogens is 2. The van der Waals surface area contributed by atoms with Gasteiger partial charge in [0.05, 0.1) is 12.5 Å². The molecule has 2 heterocycles. The summed E-state index contributed by atoms with van der Waals surface area (Å²) in [5.74, 6) is 0.872. The molecule has 112 valence electrons. The van der Waals surface area contributed by atoms with Gasteiger partial charge in [0.25, 0.3) is 0 Å². The van der Waals surface area contributed by atoms with Crippen molar-refractivity contribution in [1.82, 2.24) is 9.97 Å². The van der Waals surface area contributed by atoms with E-state index >= 15 is 0 Å². The lowest BCUT2D eigenvalue weighted by Crippen LogP contribution is -2.37. The molecule has 3 nitrogen and oxygen atoms in total. The van der Waals surface area contributed by atoms with Gasteiger partial charge in [0, 0.05) is 29.1 Å². The second-order valence-electron chi connectivity index (χ2n) is 5.61. The summed E-state index contributed by atoms with van der Waals surface area (Å²) in [5.41, 5.74) is 0.651. The quantitative estimate of drug-likeness (QED) is 0.893. The van der Waals surface area contributed by atoms with Crippen molar-refractivity contribution >= 4 is 17.4 Å². The minimum Gasteiger partial charge on any atom is -0.354 e. The third kappa shape index (κ3) is 2.77. The molecule has 2 unspecified atom stereocenters. The van der Waals surface area contributed by atoms with Crippen LogP contribution in [0.25, 0.3) is 0 Å². The maximum absolute atomic E-state index is 14.3. The molecule has 1 aliphatic rings. The van der Waals surface area contributed by atoms with E-state index in [1.54, 1.807) is 18.5 Å². The summed E-state index contributed by atoms with van der Waals surface area (Å²) in [5, 5.41) is 0.526. The SMILES string of the molecule is CC1C(c2c(F)cccc2Cl)CCCCN1c1cnc[nH]1. The first-order valence-corrected chi connectivity index (χ1v) is 7.75. The number of aromatic amines is 1. The molecule has 2 aromatic rings. The van der Waals surface area contributed by atoms with Crippen molar-refractivity contribution in [2.24, 2.45) is 0 Å². The number of benzene rings is 1. The second-order valence-corrected chi connectivity index (χ2v) is 6.02. The van der Waals surface area contributed by atoms with Gasteiger partial charge in [-0.2, -0.15) is 0 Å². The van der Waals surface area contributed by atoms with E-state index in [0.29, 0.717) is 10.6 Å². The number of halogens is 2. The van der Waals surface area contributed by atoms with Gasteiger partial charge in [-0.05, 0) is 31.9 Å². The molecule has 0 saturated carbocycles. The summed E-state index contributed by atoms with van der Waals surface area (Å²) < 4.78 is 14.3. The van der Waals surface area contributed by atoms with Crippen molar-refractivity contribution in [2.45, 2.75) is 38.1 Å². The molecular weight excluding hydrogens is 289 g/mol. The van der Waals surface area contributed by atoms with Crippen molar-refractivity contribution in [3.05, 3.63) is 47.1 Å². The molecular formula is C16H19ClFN3. The van der Waals surface area contributed by atoms with Crippen LogP contribution in [0.3, 0.4) is 0 Å². The van der Waals surface area contributed by atoms with E-state index in [2.05, 4.69) is 21.8 Å². The van der Waals surface area contributed by atoms with Crippen LogP contribution >= 0.6 is 11.6 Å². The van der Waals surface area contributed by atoms with E-state index in [0.717, 1.165) is 31.6 Å². The zero-order valence-electron chi connectivity index (χ0n) is 12.0. The molecule has 0 radical (unpaired) electrons. The number of anilines is 1. The smallest absolute Gasteiger partial charge is 0.128 e. The number of hydrogen-bond donors (Lipinski definition) is 1. The van der Waals surface area contributed by atoms with Crippen molar-refractivity contribution in [3.8, 4) is 0 Å². The molecule has 1 aromatic carbocycles. The molecule has 21 heavy (non-hydrogen) atoms. The Morgan fingerprint density at radius 3 is 2.95 bits per heavy atom. The molecule has 0 spiro atoms. The second kappa shape index (κ2) is 6.06. The molecule has 1 aromatic heterocycles. The summed E-state index contributed by atoms with van der Waals surface area (Å²) in [7, 11) is 0. The van der Waals surface area contributed by atoms with Gasteiger partial charge in [0.15, 0.2) is 0 Å². The van der Waals surface area contributed by atoms with Crippen LogP contribution in [0.5, 0.6) is 0 Å². The number of nitrogens with zero attached hydrogens (tertiary/aromatic N) is 2. The third-order valence-corrected chi connectivity index (χ3v) is 4.73. The molecule has 2 atom stereocenters. The Balaban J connectivity index is 1.97. The highest BCUT2D eigenvalue weighted by atomic mass is 35.5. The summed E-state index contributed by atoms with van der Waals surface area (Å²) in [6, 6.07) is 5.11. The molecule has 5 heteroatoms. The van der Waals surface area contributed by atoms with Crippen LogP contribution in [0, 0.1) is 5.82 Å². The first kappa shape index (κ1) is 14.4. The highest BCUT2D eigenvalue weighted by Gasteiger charge is 2.31. The monoisotopic (exact) mass is 307 g/mol. The van der Waals surface area contributed by atoms with Crippen molar-refractivity contribution in [1.29, 1.82) is 0 Å². The van der Waals surface area contributed by atoms with Crippen LogP contribution < -0.4 is 4.90 Å². The molecule has 0 amide bonds. The summed E-state index contributed by atoms with van der Waals surface area (Å²) in [6.45, 7) is 3.09. The molecule has 1 fully saturated rings. The fourth-order valence-corrected chi connectivity index (χ4v) is 3.61. The predicted octanol–water partition coefficient (Wildman–Crippen LogP) is 4.36. The largest absolute Gasteiger partial charge is 0.354 e. The number of hydrogen-bond acceptors (Lipinski definition) is 2. The molecule has 1 saturated heterocycles. The Morgan fingerprint density at radius 1 is 1.38 bits per heavy atom. The average molecular weight is 308 g/mol. The first-order valence-electron chi connectivity index (χ1n) is 7.37. The highest BCUT2D eigenvalue weighted by Crippen LogP contribution is 2.38. The van der Waals surface area contributed by atoms with E-state index in [4.69, 9.17) is 11.6 Å². The number of H-pyrrole nitrogens is 1. The molecule has 1 N–H and O–H groups in total. The minimum absolute atomic E-state index is 0.0875. The van der Waals surface area contributed by atoms with Crippen LogP contribution in [0.1, 0.15) is 37.7 Å². The van der Waals surface area contributed by atoms with Gasteiger partial charge in [-0.1, -0.05) is 24.1 Å². The first-order chi connectivity index (χ1) is 10.2. The minimum atomic E-state index is -0.203. The molecule has 0 bridgehead atoms. The fraction of sp³-hybridized carbons (Fsp3) is 0.438. The summed E-state index contributed by atoms with van der Waals surface area (Å²) in [4.78, 5) is 9.52. The van der Waals surface area contributed by atoms with Gasteiger partial charge in [-0.25, -0.2) is 9.37 Å². The summed E-state index contributed by atoms with van der Waals surface area (Å²) in [6.07, 6.45) is 6.61. The Morgan fingerprint density at radius 2 is 2.24 bits per heavy atom. The highest BCUT2D eigenvalue weighted by molar-refractivity contribution is 6.31. The van der Waals surface area contributed by atoms with Crippen LogP contribution in [0.15, 0.2) is 30.7 Å². The van der Waals surface area contributed by atoms with Gasteiger partial charge in [0.2, 0.25) is 0 Å². The maximum Gasteiger partial charge on any atom is 0.128 e. The van der Waals surface area contributed by atoms with E-state index in [-0.39, 0.29) is 17.8 Å². The van der Waals surface area contributed by atoms with Crippen LogP contribution in [-0.2, 0) is 0 Å². The number of imidazole rings is 1. The van der Waals surface area contributed by atoms with Crippen LogP contribution in [0.4, 0.5) is 10.2 Å². The van der Waals surface area contributed by atoms with Gasteiger partial charge in [-0.3, -0.25) is 0 Å². The lowest BCUT2D eigenvalue weighted by Gasteiger charge is -2.33. The standard InChI is InChI=1S/C16H19ClFN3/c1-11-12(16-13(17)6-4-7-14(16)18)5-2-3-8-21(11)15-9-19-10-20-15/h4,6-7,9-12H,2-3,5,8H2,1H3,(H,19,20). The Hall–Kier alpha value is -1.55. The van der Waals surface area contributed by atoms with E-state index in [9.17, 15) is 4.39 Å². The van der Waals surface area contributed by atoms with Crippen molar-refractivity contribution < 1.29 is 4.39 Å². The Bertz CT molecular complexity index is 579. The topological polar surface area (TPSA) is 31.9 Å². The van der Waals surface area contributed by atoms with E-state index in [1.807, 2.05) is 6.20 Å². The lowest BCUT2D eigenvalue weighted by atomic mass is 9.88. The zero-order valence-corrected chi connectivity index (χ0v) is 12.8. The Labute approximate surface area is 129 Å². The van der Waals surface area contributed by atoms with Crippen molar-refractivity contribution in [3.63, 3.8) is 0 Å². The lowest BCUT2D eigenvalue weighted by molar-refractivity contribution is 0.495. The van der Waals surface area contributed by atoms with Gasteiger partial charge >= 0.3 is 0 Å². The van der Waals surface area contributed by atoms with Crippen LogP contribution in [0.2, 0.25) is 5.02 Å². The van der Waals surface area contributed by atoms with Crippen molar-refractivity contribution in [2.75, 3.05) is 11.4 Å². The zero-order chi connectivity index (χ0) is 14.8. The predicted molar refractivity (Wildman–Crippen MR) is 83.4 cm³/mol. The molecule has 3 rings (SSSR count). The summed E-state index contributed by atoms with van der Waals surface area (Å²) >= 11 is 6.28. The fourth-order valence-electron chi connectivity index (χ4n) is 3.30. The normalized spacial score (nSPS) is 23.1. The van der Waals surface area contributed by atoms with Gasteiger partial charge < -0.3 is 9.88 Å². The van der Waals surface area contributed by atoms with Crippen LogP contribution in [-0.4, -0.2) is 22.6 Å². The van der Waals surface area contributed by atoms with Gasteiger partial charge in [-0.15, -0.1) is 0 Å². The van der Waals surface area contributed by atoms with Gasteiger partial charge in [0.1, 0.15) is 11.6 Å². The average Bonchev–Trinajstić information content (AvgIpc) is 2.92. The molecule has 1 aliphatic heterocycles.